The molecule has 0 saturated carbocycles. The van der Waals surface area contributed by atoms with Crippen LogP contribution in [0, 0.1) is 0 Å². The molecule has 1 unspecified atom stereocenters. The lowest BCUT2D eigenvalue weighted by atomic mass is 10.2. The summed E-state index contributed by atoms with van der Waals surface area (Å²) in [4.78, 5) is 26.2. The van der Waals surface area contributed by atoms with Crippen LogP contribution in [0.3, 0.4) is 0 Å². The highest BCUT2D eigenvalue weighted by molar-refractivity contribution is 8.25. The summed E-state index contributed by atoms with van der Waals surface area (Å²) in [7, 11) is 0. The zero-order valence-corrected chi connectivity index (χ0v) is 13.8. The van der Waals surface area contributed by atoms with E-state index >= 15 is 0 Å². The molecule has 2 aromatic carbocycles. The molecule has 1 atom stereocenters. The predicted octanol–water partition coefficient (Wildman–Crippen LogP) is 3.45. The lowest BCUT2D eigenvalue weighted by molar-refractivity contribution is -0.121. The summed E-state index contributed by atoms with van der Waals surface area (Å²) in [5.74, 6) is -0.339. The number of nitrogens with zero attached hydrogens (tertiary/aromatic N) is 1. The van der Waals surface area contributed by atoms with E-state index < -0.39 is 5.25 Å². The first-order valence-electron chi connectivity index (χ1n) is 7.09. The number of benzene rings is 2. The zero-order chi connectivity index (χ0) is 16.2. The van der Waals surface area contributed by atoms with Gasteiger partial charge in [-0.1, -0.05) is 60.4 Å². The molecule has 1 aliphatic heterocycles. The molecule has 3 rings (SSSR count). The lowest BCUT2D eigenvalue weighted by Gasteiger charge is -2.15. The SMILES string of the molecule is O=C(CC1SC(=S)N(c2ccccc2)C1=O)Nc1ccccc1. The molecular weight excluding hydrogens is 328 g/mol. The Morgan fingerprint density at radius 2 is 1.70 bits per heavy atom. The fourth-order valence-corrected chi connectivity index (χ4v) is 3.83. The monoisotopic (exact) mass is 342 g/mol. The first-order valence-corrected chi connectivity index (χ1v) is 8.38. The minimum Gasteiger partial charge on any atom is -0.326 e. The smallest absolute Gasteiger partial charge is 0.246 e. The maximum absolute atomic E-state index is 12.5. The van der Waals surface area contributed by atoms with Gasteiger partial charge in [0, 0.05) is 12.1 Å². The highest BCUT2D eigenvalue weighted by Gasteiger charge is 2.38. The van der Waals surface area contributed by atoms with Crippen LogP contribution in [-0.2, 0) is 9.59 Å². The van der Waals surface area contributed by atoms with Gasteiger partial charge in [-0.25, -0.2) is 0 Å². The van der Waals surface area contributed by atoms with Crippen molar-refractivity contribution < 1.29 is 9.59 Å². The summed E-state index contributed by atoms with van der Waals surface area (Å²) < 4.78 is 0.485. The van der Waals surface area contributed by atoms with Gasteiger partial charge in [0.25, 0.3) is 0 Å². The summed E-state index contributed by atoms with van der Waals surface area (Å²) in [5, 5.41) is 2.31. The van der Waals surface area contributed by atoms with E-state index in [2.05, 4.69) is 5.32 Å². The summed E-state index contributed by atoms with van der Waals surface area (Å²) in [5.41, 5.74) is 1.46. The van der Waals surface area contributed by atoms with E-state index in [0.717, 1.165) is 11.4 Å². The average molecular weight is 342 g/mol. The van der Waals surface area contributed by atoms with Gasteiger partial charge >= 0.3 is 0 Å². The maximum Gasteiger partial charge on any atom is 0.246 e. The van der Waals surface area contributed by atoms with Crippen LogP contribution >= 0.6 is 24.0 Å². The third-order valence-electron chi connectivity index (χ3n) is 3.36. The van der Waals surface area contributed by atoms with Gasteiger partial charge in [0.1, 0.15) is 9.57 Å². The van der Waals surface area contributed by atoms with Crippen molar-refractivity contribution in [1.82, 2.24) is 0 Å². The average Bonchev–Trinajstić information content (AvgIpc) is 2.83. The molecule has 1 aliphatic rings. The van der Waals surface area contributed by atoms with Gasteiger partial charge < -0.3 is 5.32 Å². The molecular formula is C17H14N2O2S2. The summed E-state index contributed by atoms with van der Waals surface area (Å²) >= 11 is 6.56. The Morgan fingerprint density at radius 3 is 2.35 bits per heavy atom. The van der Waals surface area contributed by atoms with Crippen LogP contribution in [0.15, 0.2) is 60.7 Å². The number of hydrogen-bond acceptors (Lipinski definition) is 4. The number of hydrogen-bond donors (Lipinski definition) is 1. The molecule has 0 aromatic heterocycles. The molecule has 6 heteroatoms. The van der Waals surface area contributed by atoms with Crippen LogP contribution in [0.25, 0.3) is 0 Å². The third-order valence-corrected chi connectivity index (χ3v) is 4.87. The molecule has 2 aromatic rings. The Bertz CT molecular complexity index is 735. The third kappa shape index (κ3) is 3.60. The minimum atomic E-state index is -0.480. The number of carbonyl (C=O) groups is 2. The normalized spacial score (nSPS) is 17.4. The van der Waals surface area contributed by atoms with Gasteiger partial charge in [0.05, 0.1) is 5.69 Å². The number of para-hydroxylation sites is 2. The van der Waals surface area contributed by atoms with Crippen LogP contribution in [0.2, 0.25) is 0 Å². The van der Waals surface area contributed by atoms with Crippen molar-refractivity contribution in [1.29, 1.82) is 0 Å². The summed E-state index contributed by atoms with van der Waals surface area (Å²) in [6, 6.07) is 18.4. The molecule has 2 amide bonds. The van der Waals surface area contributed by atoms with Crippen molar-refractivity contribution in [2.45, 2.75) is 11.7 Å². The molecule has 1 heterocycles. The molecule has 1 saturated heterocycles. The first kappa shape index (κ1) is 15.7. The van der Waals surface area contributed by atoms with E-state index in [1.807, 2.05) is 60.7 Å². The molecule has 0 spiro atoms. The van der Waals surface area contributed by atoms with E-state index in [1.165, 1.54) is 16.7 Å². The number of thioether (sulfide) groups is 1. The minimum absolute atomic E-state index is 0.0991. The fraction of sp³-hybridized carbons (Fsp3) is 0.118. The van der Waals surface area contributed by atoms with Gasteiger partial charge in [-0.3, -0.25) is 14.5 Å². The number of anilines is 2. The second-order valence-electron chi connectivity index (χ2n) is 5.00. The van der Waals surface area contributed by atoms with Crippen molar-refractivity contribution in [3.63, 3.8) is 0 Å². The zero-order valence-electron chi connectivity index (χ0n) is 12.1. The van der Waals surface area contributed by atoms with E-state index in [0.29, 0.717) is 4.32 Å². The molecule has 116 valence electrons. The number of amides is 2. The molecule has 1 fully saturated rings. The quantitative estimate of drug-likeness (QED) is 0.865. The number of nitrogens with one attached hydrogen (secondary N) is 1. The standard InChI is InChI=1S/C17H14N2O2S2/c20-15(18-12-7-3-1-4-8-12)11-14-16(21)19(17(22)23-14)13-9-5-2-6-10-13/h1-10,14H,11H2,(H,18,20). The first-order chi connectivity index (χ1) is 11.1. The second kappa shape index (κ2) is 6.93. The van der Waals surface area contributed by atoms with Crippen LogP contribution in [0.1, 0.15) is 6.42 Å². The van der Waals surface area contributed by atoms with E-state index in [1.54, 1.807) is 0 Å². The highest BCUT2D eigenvalue weighted by atomic mass is 32.2. The van der Waals surface area contributed by atoms with Crippen LogP contribution in [0.5, 0.6) is 0 Å². The molecule has 0 aliphatic carbocycles. The van der Waals surface area contributed by atoms with Crippen LogP contribution in [-0.4, -0.2) is 21.4 Å². The second-order valence-corrected chi connectivity index (χ2v) is 6.84. The van der Waals surface area contributed by atoms with Gasteiger partial charge in [-0.05, 0) is 24.3 Å². The van der Waals surface area contributed by atoms with Crippen molar-refractivity contribution in [3.05, 3.63) is 60.7 Å². The maximum atomic E-state index is 12.5. The molecule has 0 bridgehead atoms. The van der Waals surface area contributed by atoms with E-state index in [9.17, 15) is 9.59 Å². The Balaban J connectivity index is 1.67. The van der Waals surface area contributed by atoms with Crippen LogP contribution in [0.4, 0.5) is 11.4 Å². The highest BCUT2D eigenvalue weighted by Crippen LogP contribution is 2.33. The van der Waals surface area contributed by atoms with E-state index in [4.69, 9.17) is 12.2 Å². The molecule has 0 radical (unpaired) electrons. The van der Waals surface area contributed by atoms with Gasteiger partial charge in [0.15, 0.2) is 0 Å². The predicted molar refractivity (Wildman–Crippen MR) is 97.6 cm³/mol. The van der Waals surface area contributed by atoms with Crippen molar-refractivity contribution in [2.75, 3.05) is 10.2 Å². The summed E-state index contributed by atoms with van der Waals surface area (Å²) in [6.45, 7) is 0. The Labute approximate surface area is 143 Å². The Hall–Kier alpha value is -2.18. The van der Waals surface area contributed by atoms with Gasteiger partial charge in [-0.2, -0.15) is 0 Å². The molecule has 23 heavy (non-hydrogen) atoms. The Morgan fingerprint density at radius 1 is 1.09 bits per heavy atom. The van der Waals surface area contributed by atoms with E-state index in [-0.39, 0.29) is 18.2 Å². The van der Waals surface area contributed by atoms with Gasteiger partial charge in [0.2, 0.25) is 11.8 Å². The molecule has 4 nitrogen and oxygen atoms in total. The summed E-state index contributed by atoms with van der Waals surface area (Å²) in [6.07, 6.45) is 0.0991. The number of rotatable bonds is 4. The Kier molecular flexibility index (Phi) is 4.73. The van der Waals surface area contributed by atoms with Crippen molar-refractivity contribution >= 4 is 51.5 Å². The molecule has 1 N–H and O–H groups in total. The topological polar surface area (TPSA) is 49.4 Å². The fourth-order valence-electron chi connectivity index (χ4n) is 2.30. The number of thiocarbonyl (C=S) groups is 1. The van der Waals surface area contributed by atoms with Crippen molar-refractivity contribution in [3.8, 4) is 0 Å². The van der Waals surface area contributed by atoms with Gasteiger partial charge in [-0.15, -0.1) is 0 Å². The largest absolute Gasteiger partial charge is 0.326 e. The van der Waals surface area contributed by atoms with Crippen LogP contribution < -0.4 is 10.2 Å². The number of carbonyl (C=O) groups excluding carboxylic acids is 2. The van der Waals surface area contributed by atoms with Crippen molar-refractivity contribution in [2.24, 2.45) is 0 Å². The lowest BCUT2D eigenvalue weighted by Crippen LogP contribution is -2.32.